The Hall–Kier alpha value is -2.97. The molecule has 0 spiro atoms. The third kappa shape index (κ3) is 7.77. The van der Waals surface area contributed by atoms with E-state index in [1.807, 2.05) is 67.6 Å². The first-order valence-corrected chi connectivity index (χ1v) is 12.3. The van der Waals surface area contributed by atoms with Crippen molar-refractivity contribution in [2.45, 2.75) is 68.7 Å². The molecule has 0 aliphatic carbocycles. The van der Waals surface area contributed by atoms with E-state index in [-0.39, 0.29) is 6.61 Å². The highest BCUT2D eigenvalue weighted by atomic mass is 35.5. The number of nitrogens with one attached hydrogen (secondary N) is 1. The van der Waals surface area contributed by atoms with Gasteiger partial charge in [-0.1, -0.05) is 89.0 Å². The lowest BCUT2D eigenvalue weighted by Gasteiger charge is -2.40. The number of hydrogen-bond donors (Lipinski definition) is 1. The van der Waals surface area contributed by atoms with Crippen molar-refractivity contribution in [2.75, 3.05) is 0 Å². The van der Waals surface area contributed by atoms with Crippen LogP contribution in [0.2, 0.25) is 0 Å². The summed E-state index contributed by atoms with van der Waals surface area (Å²) in [6.07, 6.45) is -1.14. The number of amides is 1. The summed E-state index contributed by atoms with van der Waals surface area (Å²) in [6, 6.07) is 17.9. The Bertz CT molecular complexity index is 1060. The van der Waals surface area contributed by atoms with E-state index < -0.39 is 40.8 Å². The second-order valence-corrected chi connectivity index (χ2v) is 10.3. The molecule has 0 bridgehead atoms. The normalized spacial score (nSPS) is 20.5. The Balaban J connectivity index is 1.78. The fraction of sp³-hybridized carbons (Fsp3) is 0.440. The van der Waals surface area contributed by atoms with Gasteiger partial charge in [-0.25, -0.2) is 4.79 Å². The number of ether oxygens (including phenoxy) is 3. The van der Waals surface area contributed by atoms with Gasteiger partial charge in [-0.2, -0.15) is 0 Å². The van der Waals surface area contributed by atoms with Gasteiger partial charge in [0, 0.05) is 11.5 Å². The van der Waals surface area contributed by atoms with E-state index in [1.165, 1.54) is 6.92 Å². The van der Waals surface area contributed by atoms with Crippen LogP contribution in [0.4, 0.5) is 4.79 Å². The summed E-state index contributed by atoms with van der Waals surface area (Å²) < 4.78 is 15.7. The number of benzene rings is 2. The van der Waals surface area contributed by atoms with Crippen LogP contribution in [0.1, 0.15) is 37.8 Å². The summed E-state index contributed by atoms with van der Waals surface area (Å²) in [7, 11) is 0. The largest absolute Gasteiger partial charge is 0.449 e. The van der Waals surface area contributed by atoms with Crippen molar-refractivity contribution in [2.24, 2.45) is 5.11 Å². The van der Waals surface area contributed by atoms with Crippen molar-refractivity contribution in [3.05, 3.63) is 82.2 Å². The Morgan fingerprint density at radius 3 is 2.39 bits per heavy atom. The summed E-state index contributed by atoms with van der Waals surface area (Å²) in [5, 5.41) is 11.8. The average Bonchev–Trinajstić information content (AvgIpc) is 2.87. The quantitative estimate of drug-likeness (QED) is 0.0975. The molecule has 0 saturated carbocycles. The molecule has 1 heterocycles. The lowest BCUT2D eigenvalue weighted by Crippen LogP contribution is -2.52. The number of halogens is 2. The van der Waals surface area contributed by atoms with Crippen LogP contribution >= 0.6 is 23.2 Å². The van der Waals surface area contributed by atoms with E-state index in [1.54, 1.807) is 4.90 Å². The Morgan fingerprint density at radius 2 is 1.81 bits per heavy atom. The maximum absolute atomic E-state index is 13.2. The predicted octanol–water partition coefficient (Wildman–Crippen LogP) is 6.59. The first-order chi connectivity index (χ1) is 17.2. The van der Waals surface area contributed by atoms with Gasteiger partial charge in [0.05, 0.1) is 18.2 Å². The van der Waals surface area contributed by atoms with Crippen LogP contribution < -0.4 is 0 Å². The van der Waals surface area contributed by atoms with Crippen molar-refractivity contribution in [3.63, 3.8) is 0 Å². The van der Waals surface area contributed by atoms with E-state index in [2.05, 4.69) is 10.0 Å². The number of hydrogen-bond acceptors (Lipinski definition) is 6. The molecule has 1 N–H and O–H groups in total. The average molecular weight is 534 g/mol. The Kier molecular flexibility index (Phi) is 9.84. The second-order valence-electron chi connectivity index (χ2n) is 8.62. The summed E-state index contributed by atoms with van der Waals surface area (Å²) in [5.41, 5.74) is 10.8. The molecule has 192 valence electrons. The second kappa shape index (κ2) is 12.8. The molecule has 9 nitrogen and oxygen atoms in total. The Morgan fingerprint density at radius 1 is 1.19 bits per heavy atom. The number of rotatable bonds is 9. The van der Waals surface area contributed by atoms with Crippen molar-refractivity contribution >= 4 is 35.2 Å². The number of nitrogens with zero attached hydrogens (tertiary/aromatic N) is 4. The lowest BCUT2D eigenvalue weighted by atomic mass is 9.98. The molecule has 1 amide bonds. The lowest BCUT2D eigenvalue weighted by molar-refractivity contribution is -0.180. The molecule has 36 heavy (non-hydrogen) atoms. The van der Waals surface area contributed by atoms with Crippen LogP contribution in [0, 0.1) is 5.41 Å². The third-order valence-corrected chi connectivity index (χ3v) is 6.21. The van der Waals surface area contributed by atoms with Crippen LogP contribution in [0.3, 0.4) is 0 Å². The van der Waals surface area contributed by atoms with Crippen LogP contribution in [-0.4, -0.2) is 45.7 Å². The molecule has 1 saturated heterocycles. The highest BCUT2D eigenvalue weighted by Gasteiger charge is 2.40. The van der Waals surface area contributed by atoms with Gasteiger partial charge in [0.2, 0.25) is 12.2 Å². The van der Waals surface area contributed by atoms with Gasteiger partial charge in [0.25, 0.3) is 0 Å². The molecule has 0 radical (unpaired) electrons. The zero-order chi connectivity index (χ0) is 26.1. The van der Waals surface area contributed by atoms with Gasteiger partial charge in [-0.3, -0.25) is 10.3 Å². The molecule has 11 heteroatoms. The minimum absolute atomic E-state index is 0.134. The van der Waals surface area contributed by atoms with Gasteiger partial charge in [0.1, 0.15) is 6.61 Å². The van der Waals surface area contributed by atoms with Crippen molar-refractivity contribution in [1.82, 2.24) is 4.90 Å². The molecule has 2 aromatic rings. The van der Waals surface area contributed by atoms with Gasteiger partial charge < -0.3 is 14.2 Å². The van der Waals surface area contributed by atoms with Crippen LogP contribution in [0.15, 0.2) is 65.8 Å². The van der Waals surface area contributed by atoms with Crippen LogP contribution in [0.5, 0.6) is 0 Å². The molecule has 1 fully saturated rings. The van der Waals surface area contributed by atoms with Gasteiger partial charge in [0.15, 0.2) is 4.33 Å². The van der Waals surface area contributed by atoms with E-state index in [0.717, 1.165) is 11.1 Å². The molecule has 2 aromatic carbocycles. The maximum Gasteiger partial charge on any atom is 0.410 e. The number of carbonyl (C=O) groups excluding carboxylic acids is 1. The molecular formula is C25H29Cl2N5O4. The zero-order valence-electron chi connectivity index (χ0n) is 20.1. The minimum Gasteiger partial charge on any atom is -0.449 e. The highest BCUT2D eigenvalue weighted by Crippen LogP contribution is 2.31. The Labute approximate surface area is 220 Å². The van der Waals surface area contributed by atoms with Crippen LogP contribution in [-0.2, 0) is 27.4 Å². The van der Waals surface area contributed by atoms with Crippen molar-refractivity contribution in [1.29, 1.82) is 5.41 Å². The summed E-state index contributed by atoms with van der Waals surface area (Å²) in [4.78, 5) is 17.7. The molecule has 2 unspecified atom stereocenters. The van der Waals surface area contributed by atoms with E-state index in [4.69, 9.17) is 48.4 Å². The molecule has 4 atom stereocenters. The molecule has 1 aliphatic rings. The van der Waals surface area contributed by atoms with Gasteiger partial charge in [-0.15, -0.1) is 0 Å². The topological polar surface area (TPSA) is 121 Å². The first-order valence-electron chi connectivity index (χ1n) is 11.5. The van der Waals surface area contributed by atoms with Crippen molar-refractivity contribution in [3.8, 4) is 0 Å². The van der Waals surface area contributed by atoms with Crippen LogP contribution in [0.25, 0.3) is 10.4 Å². The van der Waals surface area contributed by atoms with Gasteiger partial charge in [-0.05, 0) is 43.3 Å². The number of carbonyl (C=O) groups is 1. The minimum atomic E-state index is -1.58. The monoisotopic (exact) mass is 533 g/mol. The number of azide groups is 1. The summed E-state index contributed by atoms with van der Waals surface area (Å²) >= 11 is 12.0. The zero-order valence-corrected chi connectivity index (χ0v) is 21.6. The maximum atomic E-state index is 13.2. The molecule has 0 aromatic heterocycles. The SMILES string of the molecule is C[C@@H]([C@@H]1CCC(N=[N+]=[N-])C(OC(=N)C(C)(Cl)Cl)O1)N(Cc1ccccc1)C(=O)OCc1ccccc1. The fourth-order valence-corrected chi connectivity index (χ4v) is 3.91. The molecule has 3 rings (SSSR count). The third-order valence-electron chi connectivity index (χ3n) is 5.87. The standard InChI is InChI=1S/C25H29Cl2N5O4/c1-17(21-14-13-20(30-31-29)22(35-21)36-23(28)25(2,26)27)32(15-18-9-5-3-6-10-18)24(33)34-16-19-11-7-4-8-12-19/h3-12,17,20-22,28H,13-16H2,1-2H3/t17-,20?,21-,22?/m0/s1. The van der Waals surface area contributed by atoms with Gasteiger partial charge >= 0.3 is 6.09 Å². The molecule has 1 aliphatic heterocycles. The van der Waals surface area contributed by atoms with E-state index in [9.17, 15) is 4.79 Å². The summed E-state index contributed by atoms with van der Waals surface area (Å²) in [5.74, 6) is -0.425. The first kappa shape index (κ1) is 27.6. The fourth-order valence-electron chi connectivity index (χ4n) is 3.82. The van der Waals surface area contributed by atoms with E-state index >= 15 is 0 Å². The number of alkyl halides is 2. The highest BCUT2D eigenvalue weighted by molar-refractivity contribution is 6.57. The van der Waals surface area contributed by atoms with Crippen molar-refractivity contribution < 1.29 is 19.0 Å². The van der Waals surface area contributed by atoms with E-state index in [0.29, 0.717) is 19.4 Å². The molecular weight excluding hydrogens is 505 g/mol. The summed E-state index contributed by atoms with van der Waals surface area (Å²) in [6.45, 7) is 3.70. The smallest absolute Gasteiger partial charge is 0.410 e. The predicted molar refractivity (Wildman–Crippen MR) is 138 cm³/mol.